The Morgan fingerprint density at radius 1 is 1.12 bits per heavy atom. The third kappa shape index (κ3) is 3.14. The molecule has 3 rings (SSSR count). The molecule has 0 unspecified atom stereocenters. The van der Waals surface area contributed by atoms with Gasteiger partial charge in [-0.2, -0.15) is 0 Å². The SMILES string of the molecule is Cc1nc(NC(C)(C)CO)c2c(-c3ccc(C)c(C)c3)csc2n1. The number of benzene rings is 1. The Balaban J connectivity index is 2.21. The molecule has 1 aromatic carbocycles. The fourth-order valence-corrected chi connectivity index (χ4v) is 3.61. The van der Waals surface area contributed by atoms with E-state index in [1.165, 1.54) is 16.7 Å². The van der Waals surface area contributed by atoms with Gasteiger partial charge in [0.2, 0.25) is 0 Å². The average molecular weight is 341 g/mol. The minimum atomic E-state index is -0.448. The zero-order valence-electron chi connectivity index (χ0n) is 14.8. The molecule has 3 aromatic rings. The number of hydrogen-bond donors (Lipinski definition) is 2. The molecule has 5 heteroatoms. The van der Waals surface area contributed by atoms with E-state index in [1.807, 2.05) is 20.8 Å². The lowest BCUT2D eigenvalue weighted by Crippen LogP contribution is -2.35. The largest absolute Gasteiger partial charge is 0.394 e. The van der Waals surface area contributed by atoms with Crippen molar-refractivity contribution in [2.24, 2.45) is 0 Å². The monoisotopic (exact) mass is 341 g/mol. The fraction of sp³-hybridized carbons (Fsp3) is 0.368. The highest BCUT2D eigenvalue weighted by Crippen LogP contribution is 2.38. The molecular formula is C19H23N3OS. The molecule has 0 saturated heterocycles. The predicted molar refractivity (Wildman–Crippen MR) is 102 cm³/mol. The molecule has 0 aliphatic rings. The third-order valence-corrected chi connectivity index (χ3v) is 5.09. The van der Waals surface area contributed by atoms with Gasteiger partial charge in [-0.15, -0.1) is 11.3 Å². The van der Waals surface area contributed by atoms with Crippen molar-refractivity contribution in [3.05, 3.63) is 40.5 Å². The van der Waals surface area contributed by atoms with Gasteiger partial charge in [-0.25, -0.2) is 9.97 Å². The molecule has 24 heavy (non-hydrogen) atoms. The van der Waals surface area contributed by atoms with E-state index in [0.29, 0.717) is 0 Å². The summed E-state index contributed by atoms with van der Waals surface area (Å²) in [5, 5.41) is 16.1. The van der Waals surface area contributed by atoms with Crippen molar-refractivity contribution in [1.82, 2.24) is 9.97 Å². The van der Waals surface area contributed by atoms with Crippen LogP contribution in [0.1, 0.15) is 30.8 Å². The average Bonchev–Trinajstić information content (AvgIpc) is 2.93. The highest BCUT2D eigenvalue weighted by atomic mass is 32.1. The Hall–Kier alpha value is -1.98. The van der Waals surface area contributed by atoms with E-state index in [2.05, 4.69) is 52.7 Å². The standard InChI is InChI=1S/C19H23N3OS/c1-11-6-7-14(8-12(11)2)15-9-24-18-16(15)17(20-13(3)21-18)22-19(4,5)10-23/h6-9,23H,10H2,1-5H3,(H,20,21,22). The molecule has 2 heterocycles. The van der Waals surface area contributed by atoms with Crippen molar-refractivity contribution >= 4 is 27.4 Å². The Kier molecular flexibility index (Phi) is 4.32. The lowest BCUT2D eigenvalue weighted by molar-refractivity contribution is 0.234. The molecule has 0 amide bonds. The smallest absolute Gasteiger partial charge is 0.139 e. The number of nitrogens with one attached hydrogen (secondary N) is 1. The Morgan fingerprint density at radius 3 is 2.54 bits per heavy atom. The fourth-order valence-electron chi connectivity index (χ4n) is 2.62. The lowest BCUT2D eigenvalue weighted by atomic mass is 10.00. The van der Waals surface area contributed by atoms with E-state index < -0.39 is 5.54 Å². The van der Waals surface area contributed by atoms with Crippen LogP contribution >= 0.6 is 11.3 Å². The highest BCUT2D eigenvalue weighted by molar-refractivity contribution is 7.17. The van der Waals surface area contributed by atoms with Crippen LogP contribution in [0.25, 0.3) is 21.3 Å². The molecule has 0 spiro atoms. The zero-order valence-corrected chi connectivity index (χ0v) is 15.6. The van der Waals surface area contributed by atoms with Crippen molar-refractivity contribution in [3.8, 4) is 11.1 Å². The van der Waals surface area contributed by atoms with Gasteiger partial charge in [0.15, 0.2) is 0 Å². The van der Waals surface area contributed by atoms with Crippen LogP contribution in [-0.4, -0.2) is 27.2 Å². The van der Waals surface area contributed by atoms with E-state index in [0.717, 1.165) is 27.4 Å². The Bertz CT molecular complexity index is 899. The van der Waals surface area contributed by atoms with Gasteiger partial charge in [0.25, 0.3) is 0 Å². The second kappa shape index (κ2) is 6.15. The highest BCUT2D eigenvalue weighted by Gasteiger charge is 2.21. The number of hydrogen-bond acceptors (Lipinski definition) is 5. The van der Waals surface area contributed by atoms with Gasteiger partial charge in [0, 0.05) is 10.9 Å². The van der Waals surface area contributed by atoms with Gasteiger partial charge in [0.05, 0.1) is 17.5 Å². The third-order valence-electron chi connectivity index (χ3n) is 4.22. The van der Waals surface area contributed by atoms with Gasteiger partial charge >= 0.3 is 0 Å². The summed E-state index contributed by atoms with van der Waals surface area (Å²) in [6, 6.07) is 6.50. The van der Waals surface area contributed by atoms with E-state index in [9.17, 15) is 5.11 Å². The van der Waals surface area contributed by atoms with Crippen LogP contribution in [0.5, 0.6) is 0 Å². The summed E-state index contributed by atoms with van der Waals surface area (Å²) in [4.78, 5) is 10.2. The van der Waals surface area contributed by atoms with Gasteiger partial charge in [-0.3, -0.25) is 0 Å². The van der Waals surface area contributed by atoms with Crippen LogP contribution in [0, 0.1) is 20.8 Å². The number of anilines is 1. The first-order valence-electron chi connectivity index (χ1n) is 8.03. The van der Waals surface area contributed by atoms with Crippen molar-refractivity contribution < 1.29 is 5.11 Å². The van der Waals surface area contributed by atoms with Crippen molar-refractivity contribution in [1.29, 1.82) is 0 Å². The molecule has 2 N–H and O–H groups in total. The number of fused-ring (bicyclic) bond motifs is 1. The van der Waals surface area contributed by atoms with Crippen molar-refractivity contribution in [2.75, 3.05) is 11.9 Å². The van der Waals surface area contributed by atoms with Gasteiger partial charge < -0.3 is 10.4 Å². The quantitative estimate of drug-likeness (QED) is 0.735. The molecular weight excluding hydrogens is 318 g/mol. The Morgan fingerprint density at radius 2 is 1.88 bits per heavy atom. The first-order valence-corrected chi connectivity index (χ1v) is 8.91. The van der Waals surface area contributed by atoms with Crippen LogP contribution in [0.3, 0.4) is 0 Å². The van der Waals surface area contributed by atoms with Gasteiger partial charge in [0.1, 0.15) is 16.5 Å². The predicted octanol–water partition coefficient (Wildman–Crippen LogP) is 4.47. The summed E-state index contributed by atoms with van der Waals surface area (Å²) in [6.45, 7) is 10.1. The summed E-state index contributed by atoms with van der Waals surface area (Å²) < 4.78 is 0. The van der Waals surface area contributed by atoms with E-state index in [1.54, 1.807) is 11.3 Å². The molecule has 2 aromatic heterocycles. The molecule has 126 valence electrons. The normalized spacial score (nSPS) is 11.9. The maximum atomic E-state index is 9.60. The topological polar surface area (TPSA) is 58.0 Å². The second-order valence-electron chi connectivity index (χ2n) is 6.91. The van der Waals surface area contributed by atoms with Crippen LogP contribution in [0.2, 0.25) is 0 Å². The summed E-state index contributed by atoms with van der Waals surface area (Å²) in [5.74, 6) is 1.51. The number of nitrogens with zero attached hydrogens (tertiary/aromatic N) is 2. The molecule has 0 saturated carbocycles. The number of aliphatic hydroxyl groups excluding tert-OH is 1. The van der Waals surface area contributed by atoms with E-state index in [4.69, 9.17) is 0 Å². The van der Waals surface area contributed by atoms with Crippen LogP contribution in [-0.2, 0) is 0 Å². The molecule has 0 atom stereocenters. The summed E-state index contributed by atoms with van der Waals surface area (Å²) in [6.07, 6.45) is 0. The van der Waals surface area contributed by atoms with Gasteiger partial charge in [-0.05, 0) is 51.3 Å². The minimum absolute atomic E-state index is 0.0284. The van der Waals surface area contributed by atoms with Crippen molar-refractivity contribution in [3.63, 3.8) is 0 Å². The zero-order chi connectivity index (χ0) is 17.5. The summed E-state index contributed by atoms with van der Waals surface area (Å²) in [5.41, 5.74) is 4.40. The number of thiophene rings is 1. The molecule has 0 aliphatic carbocycles. The molecule has 0 fully saturated rings. The first-order chi connectivity index (χ1) is 11.3. The van der Waals surface area contributed by atoms with Crippen LogP contribution in [0.15, 0.2) is 23.6 Å². The number of rotatable bonds is 4. The lowest BCUT2D eigenvalue weighted by Gasteiger charge is -2.25. The minimum Gasteiger partial charge on any atom is -0.394 e. The second-order valence-corrected chi connectivity index (χ2v) is 7.77. The Labute approximate surface area is 146 Å². The van der Waals surface area contributed by atoms with E-state index in [-0.39, 0.29) is 6.61 Å². The first kappa shape index (κ1) is 16.9. The molecule has 4 nitrogen and oxygen atoms in total. The van der Waals surface area contributed by atoms with Gasteiger partial charge in [-0.1, -0.05) is 18.2 Å². The van der Waals surface area contributed by atoms with Crippen molar-refractivity contribution in [2.45, 2.75) is 40.2 Å². The maximum absolute atomic E-state index is 9.60. The number of aromatic nitrogens is 2. The molecule has 0 bridgehead atoms. The summed E-state index contributed by atoms with van der Waals surface area (Å²) in [7, 11) is 0. The number of aryl methyl sites for hydroxylation is 3. The maximum Gasteiger partial charge on any atom is 0.139 e. The molecule has 0 radical (unpaired) electrons. The number of aliphatic hydroxyl groups is 1. The van der Waals surface area contributed by atoms with E-state index >= 15 is 0 Å². The van der Waals surface area contributed by atoms with Crippen LogP contribution in [0.4, 0.5) is 5.82 Å². The van der Waals surface area contributed by atoms with Crippen LogP contribution < -0.4 is 5.32 Å². The molecule has 0 aliphatic heterocycles. The summed E-state index contributed by atoms with van der Waals surface area (Å²) >= 11 is 1.63.